The van der Waals surface area contributed by atoms with Gasteiger partial charge < -0.3 is 23.7 Å². The Morgan fingerprint density at radius 2 is 1.00 bits per heavy atom. The molecule has 1 aliphatic heterocycles. The van der Waals surface area contributed by atoms with Crippen molar-refractivity contribution in [1.82, 2.24) is 0 Å². The van der Waals surface area contributed by atoms with Gasteiger partial charge in [0, 0.05) is 27.1 Å². The Labute approximate surface area is 279 Å². The van der Waals surface area contributed by atoms with Crippen molar-refractivity contribution in [2.24, 2.45) is 0 Å². The van der Waals surface area contributed by atoms with Crippen LogP contribution in [0.5, 0.6) is 0 Å². The smallest absolute Gasteiger partial charge is 0.397 e. The number of ether oxygens (including phenoxy) is 5. The van der Waals surface area contributed by atoms with Crippen LogP contribution in [0.25, 0.3) is 0 Å². The molecule has 0 aromatic heterocycles. The quantitative estimate of drug-likeness (QED) is 0.0473. The molecule has 1 saturated heterocycles. The lowest BCUT2D eigenvalue weighted by atomic mass is 9.98. The largest absolute Gasteiger partial charge is 0.455 e. The predicted octanol–water partition coefficient (Wildman–Crippen LogP) is 7.64. The Morgan fingerprint density at radius 3 is 1.37 bits per heavy atom. The first-order valence-corrected chi connectivity index (χ1v) is 19.2. The summed E-state index contributed by atoms with van der Waals surface area (Å²) in [6.45, 7) is 4.25. The first kappa shape index (κ1) is 42.7. The molecule has 0 aromatic carbocycles. The van der Waals surface area contributed by atoms with Gasteiger partial charge in [-0.25, -0.2) is 4.18 Å². The maximum atomic E-state index is 13.0. The van der Waals surface area contributed by atoms with E-state index in [0.29, 0.717) is 12.8 Å². The Morgan fingerprint density at radius 1 is 0.609 bits per heavy atom. The standard InChI is InChI=1S/C34H64O11S/c1-5-7-9-11-13-15-17-19-21-23-25-29(35)43-32-31(45-46(37,38)39)28(27-40-3)42-34(41-4)33(32)44-30(36)26-24-22-20-18-16-14-12-10-8-6-2/h28,31-34H,5-27H2,1-4H3,(H,37,38,39)/t28-,31-,32+,33-,34?/m1/s1. The van der Waals surface area contributed by atoms with Crippen LogP contribution >= 0.6 is 0 Å². The highest BCUT2D eigenvalue weighted by molar-refractivity contribution is 7.80. The van der Waals surface area contributed by atoms with Gasteiger partial charge in [-0.05, 0) is 12.8 Å². The van der Waals surface area contributed by atoms with E-state index in [2.05, 4.69) is 13.8 Å². The van der Waals surface area contributed by atoms with Gasteiger partial charge in [-0.3, -0.25) is 14.1 Å². The molecular formula is C34H64O11S. The molecule has 0 radical (unpaired) electrons. The minimum atomic E-state index is -5.00. The lowest BCUT2D eigenvalue weighted by Gasteiger charge is -2.43. The third-order valence-corrected chi connectivity index (χ3v) is 8.86. The lowest BCUT2D eigenvalue weighted by molar-refractivity contribution is -0.297. The molecule has 5 atom stereocenters. The summed E-state index contributed by atoms with van der Waals surface area (Å²) in [6, 6.07) is 0. The van der Waals surface area contributed by atoms with Gasteiger partial charge in [0.1, 0.15) is 12.2 Å². The molecule has 11 nitrogen and oxygen atoms in total. The number of hydrogen-bond donors (Lipinski definition) is 1. The molecule has 1 aliphatic rings. The maximum absolute atomic E-state index is 13.0. The zero-order chi connectivity index (χ0) is 34.0. The summed E-state index contributed by atoms with van der Waals surface area (Å²) < 4.78 is 65.9. The molecular weight excluding hydrogens is 616 g/mol. The number of unbranched alkanes of at least 4 members (excludes halogenated alkanes) is 18. The number of carbonyl (C=O) groups is 2. The fourth-order valence-corrected chi connectivity index (χ4v) is 6.33. The van der Waals surface area contributed by atoms with Gasteiger partial charge in [0.05, 0.1) is 6.61 Å². The van der Waals surface area contributed by atoms with Crippen LogP contribution in [-0.2, 0) is 47.9 Å². The second-order valence-corrected chi connectivity index (χ2v) is 13.5. The highest BCUT2D eigenvalue weighted by atomic mass is 32.3. The summed E-state index contributed by atoms with van der Waals surface area (Å²) in [7, 11) is -2.28. The zero-order valence-electron chi connectivity index (χ0n) is 29.1. The van der Waals surface area contributed by atoms with Crippen LogP contribution in [0.15, 0.2) is 0 Å². The molecule has 0 aliphatic carbocycles. The fourth-order valence-electron chi connectivity index (χ4n) is 5.82. The van der Waals surface area contributed by atoms with Crippen molar-refractivity contribution in [3.63, 3.8) is 0 Å². The SMILES string of the molecule is CCCCCCCCCCCCC(=O)O[C@H]1[C@H](OS(=O)(=O)O)[C@@H](COC)OC(OC)[C@@H]1OC(=O)CCCCCCCCCCCC. The van der Waals surface area contributed by atoms with Crippen molar-refractivity contribution in [1.29, 1.82) is 0 Å². The number of methoxy groups -OCH3 is 2. The highest BCUT2D eigenvalue weighted by Gasteiger charge is 2.53. The molecule has 12 heteroatoms. The van der Waals surface area contributed by atoms with E-state index >= 15 is 0 Å². The fraction of sp³-hybridized carbons (Fsp3) is 0.941. The average molecular weight is 681 g/mol. The van der Waals surface area contributed by atoms with Gasteiger partial charge in [-0.15, -0.1) is 0 Å². The van der Waals surface area contributed by atoms with Crippen molar-refractivity contribution in [3.8, 4) is 0 Å². The summed E-state index contributed by atoms with van der Waals surface area (Å²) in [5.41, 5.74) is 0. The van der Waals surface area contributed by atoms with E-state index in [1.54, 1.807) is 0 Å². The number of hydrogen-bond acceptors (Lipinski definition) is 10. The predicted molar refractivity (Wildman–Crippen MR) is 177 cm³/mol. The number of rotatable bonds is 29. The van der Waals surface area contributed by atoms with Crippen molar-refractivity contribution < 1.29 is 50.4 Å². The third-order valence-electron chi connectivity index (χ3n) is 8.39. The van der Waals surface area contributed by atoms with E-state index in [9.17, 15) is 22.6 Å². The van der Waals surface area contributed by atoms with Crippen molar-refractivity contribution in [2.45, 2.75) is 186 Å². The molecule has 0 spiro atoms. The molecule has 0 amide bonds. The van der Waals surface area contributed by atoms with Crippen LogP contribution in [0.4, 0.5) is 0 Å². The van der Waals surface area contributed by atoms with Crippen LogP contribution < -0.4 is 0 Å². The summed E-state index contributed by atoms with van der Waals surface area (Å²) >= 11 is 0. The molecule has 1 rings (SSSR count). The molecule has 1 fully saturated rings. The summed E-state index contributed by atoms with van der Waals surface area (Å²) in [5, 5.41) is 0. The van der Waals surface area contributed by atoms with Crippen LogP contribution in [0, 0.1) is 0 Å². The average Bonchev–Trinajstić information content (AvgIpc) is 3.01. The van der Waals surface area contributed by atoms with E-state index in [0.717, 1.165) is 38.5 Å². The second kappa shape index (κ2) is 26.6. The topological polar surface area (TPSA) is 144 Å². The van der Waals surface area contributed by atoms with Crippen LogP contribution in [0.2, 0.25) is 0 Å². The van der Waals surface area contributed by atoms with Gasteiger partial charge in [-0.2, -0.15) is 8.42 Å². The van der Waals surface area contributed by atoms with Crippen LogP contribution in [0.1, 0.15) is 155 Å². The van der Waals surface area contributed by atoms with E-state index in [4.69, 9.17) is 27.9 Å². The van der Waals surface area contributed by atoms with Gasteiger partial charge in [0.25, 0.3) is 0 Å². The Kier molecular flexibility index (Phi) is 24.7. The van der Waals surface area contributed by atoms with Crippen LogP contribution in [-0.4, -0.2) is 76.4 Å². The van der Waals surface area contributed by atoms with Gasteiger partial charge in [0.15, 0.2) is 18.5 Å². The zero-order valence-corrected chi connectivity index (χ0v) is 29.9. The molecule has 1 unspecified atom stereocenters. The van der Waals surface area contributed by atoms with Gasteiger partial charge in [-0.1, -0.05) is 129 Å². The van der Waals surface area contributed by atoms with Crippen molar-refractivity contribution in [2.75, 3.05) is 20.8 Å². The second-order valence-electron chi connectivity index (χ2n) is 12.5. The maximum Gasteiger partial charge on any atom is 0.397 e. The molecule has 0 aromatic rings. The summed E-state index contributed by atoms with van der Waals surface area (Å²) in [4.78, 5) is 25.9. The molecule has 0 saturated carbocycles. The Hall–Kier alpha value is -1.31. The monoisotopic (exact) mass is 680 g/mol. The van der Waals surface area contributed by atoms with Gasteiger partial charge in [0.2, 0.25) is 0 Å². The molecule has 1 heterocycles. The van der Waals surface area contributed by atoms with E-state index in [1.807, 2.05) is 0 Å². The van der Waals surface area contributed by atoms with E-state index < -0.39 is 53.0 Å². The van der Waals surface area contributed by atoms with Crippen LogP contribution in [0.3, 0.4) is 0 Å². The van der Waals surface area contributed by atoms with Gasteiger partial charge >= 0.3 is 22.3 Å². The highest BCUT2D eigenvalue weighted by Crippen LogP contribution is 2.31. The molecule has 272 valence electrons. The third kappa shape index (κ3) is 20.1. The first-order chi connectivity index (χ1) is 22.2. The normalized spacial score (nSPS) is 21.7. The Balaban J connectivity index is 2.74. The number of carbonyl (C=O) groups excluding carboxylic acids is 2. The molecule has 1 N–H and O–H groups in total. The van der Waals surface area contributed by atoms with Crippen molar-refractivity contribution in [3.05, 3.63) is 0 Å². The Bertz CT molecular complexity index is 882. The van der Waals surface area contributed by atoms with E-state index in [-0.39, 0.29) is 19.4 Å². The molecule has 46 heavy (non-hydrogen) atoms. The van der Waals surface area contributed by atoms with E-state index in [1.165, 1.54) is 91.3 Å². The summed E-state index contributed by atoms with van der Waals surface area (Å²) in [5.74, 6) is -1.15. The number of esters is 2. The lowest BCUT2D eigenvalue weighted by Crippen LogP contribution is -2.62. The molecule has 0 bridgehead atoms. The first-order valence-electron chi connectivity index (χ1n) is 17.9. The van der Waals surface area contributed by atoms with Crippen molar-refractivity contribution >= 4 is 22.3 Å². The minimum absolute atomic E-state index is 0.0956. The minimum Gasteiger partial charge on any atom is -0.455 e. The summed E-state index contributed by atoms with van der Waals surface area (Å²) in [6.07, 6.45) is 15.8.